The third-order valence-corrected chi connectivity index (χ3v) is 8.32. The summed E-state index contributed by atoms with van der Waals surface area (Å²) in [7, 11) is 0. The van der Waals surface area contributed by atoms with E-state index in [4.69, 9.17) is 0 Å². The minimum absolute atomic E-state index is 0.0126. The Morgan fingerprint density at radius 3 is 2.68 bits per heavy atom. The molecule has 0 atom stereocenters. The SMILES string of the molecule is CCN1CCN2Cc3ccc(NC(=O)c4cccc(-c5ccc6c(NC(=O)C7CC7)n[nH]c6c5)c4)cc3C(F)=C2C1. The van der Waals surface area contributed by atoms with Gasteiger partial charge in [0.15, 0.2) is 11.6 Å². The van der Waals surface area contributed by atoms with Crippen LogP contribution in [0.1, 0.15) is 41.3 Å². The Balaban J connectivity index is 1.10. The summed E-state index contributed by atoms with van der Waals surface area (Å²) in [5.74, 6) is 0.180. The number of aromatic amines is 1. The molecule has 2 amide bonds. The molecule has 3 N–H and O–H groups in total. The number of H-pyrrole nitrogens is 1. The van der Waals surface area contributed by atoms with Crippen molar-refractivity contribution in [2.75, 3.05) is 36.8 Å². The van der Waals surface area contributed by atoms with E-state index >= 15 is 4.39 Å². The Morgan fingerprint density at radius 1 is 1.00 bits per heavy atom. The van der Waals surface area contributed by atoms with Gasteiger partial charge in [0.2, 0.25) is 5.91 Å². The summed E-state index contributed by atoms with van der Waals surface area (Å²) < 4.78 is 15.6. The van der Waals surface area contributed by atoms with Gasteiger partial charge in [-0.2, -0.15) is 5.10 Å². The molecule has 8 nitrogen and oxygen atoms in total. The lowest BCUT2D eigenvalue weighted by molar-refractivity contribution is -0.117. The van der Waals surface area contributed by atoms with Crippen LogP contribution in [0.15, 0.2) is 66.4 Å². The third kappa shape index (κ3) is 4.86. The van der Waals surface area contributed by atoms with Gasteiger partial charge in [-0.25, -0.2) is 4.39 Å². The molecule has 3 aliphatic rings. The molecular weight excluding hydrogens is 519 g/mol. The summed E-state index contributed by atoms with van der Waals surface area (Å²) in [6, 6.07) is 18.7. The first-order valence-electron chi connectivity index (χ1n) is 14.2. The summed E-state index contributed by atoms with van der Waals surface area (Å²) in [6.45, 7) is 6.02. The van der Waals surface area contributed by atoms with Crippen molar-refractivity contribution in [1.29, 1.82) is 0 Å². The maximum absolute atomic E-state index is 15.6. The van der Waals surface area contributed by atoms with Crippen molar-refractivity contribution in [3.63, 3.8) is 0 Å². The molecule has 2 aliphatic heterocycles. The Kier molecular flexibility index (Phi) is 6.31. The van der Waals surface area contributed by atoms with E-state index in [0.29, 0.717) is 35.7 Å². The van der Waals surface area contributed by atoms with Gasteiger partial charge in [0.25, 0.3) is 5.91 Å². The van der Waals surface area contributed by atoms with Gasteiger partial charge in [-0.3, -0.25) is 19.6 Å². The highest BCUT2D eigenvalue weighted by atomic mass is 19.1. The van der Waals surface area contributed by atoms with Crippen LogP contribution in [-0.4, -0.2) is 58.0 Å². The van der Waals surface area contributed by atoms with Crippen LogP contribution in [0.4, 0.5) is 15.9 Å². The number of piperazine rings is 1. The zero-order valence-corrected chi connectivity index (χ0v) is 22.8. The molecule has 3 aromatic carbocycles. The molecule has 0 spiro atoms. The molecule has 208 valence electrons. The predicted molar refractivity (Wildman–Crippen MR) is 158 cm³/mol. The molecule has 4 aromatic rings. The van der Waals surface area contributed by atoms with Crippen LogP contribution in [0.5, 0.6) is 0 Å². The quantitative estimate of drug-likeness (QED) is 0.290. The highest BCUT2D eigenvalue weighted by Crippen LogP contribution is 2.36. The lowest BCUT2D eigenvalue weighted by atomic mass is 9.97. The van der Waals surface area contributed by atoms with Crippen molar-refractivity contribution < 1.29 is 14.0 Å². The van der Waals surface area contributed by atoms with Crippen LogP contribution in [0, 0.1) is 5.92 Å². The number of hydrogen-bond donors (Lipinski definition) is 3. The van der Waals surface area contributed by atoms with E-state index in [9.17, 15) is 9.59 Å². The first kappa shape index (κ1) is 25.5. The number of nitrogens with zero attached hydrogens (tertiary/aromatic N) is 3. The summed E-state index contributed by atoms with van der Waals surface area (Å²) in [4.78, 5) is 29.8. The lowest BCUT2D eigenvalue weighted by Crippen LogP contribution is -2.45. The molecular formula is C32H31FN6O2. The molecule has 1 saturated carbocycles. The Morgan fingerprint density at radius 2 is 1.85 bits per heavy atom. The van der Waals surface area contributed by atoms with Crippen LogP contribution in [0.3, 0.4) is 0 Å². The van der Waals surface area contributed by atoms with Crippen LogP contribution >= 0.6 is 0 Å². The van der Waals surface area contributed by atoms with Gasteiger partial charge in [-0.15, -0.1) is 0 Å². The number of hydrogen-bond acceptors (Lipinski definition) is 5. The number of rotatable bonds is 6. The van der Waals surface area contributed by atoms with Crippen LogP contribution in [0.25, 0.3) is 27.9 Å². The molecule has 9 heteroatoms. The average Bonchev–Trinajstić information content (AvgIpc) is 3.79. The standard InChI is InChI=1S/C32H31FN6O2/c1-2-38-12-13-39-17-23-8-10-24(16-26(23)29(33)28(39)18-38)34-32(41)22-5-3-4-20(14-22)21-9-11-25-27(15-21)36-37-30(25)35-31(40)19-6-7-19/h3-5,8-11,14-16,19H,2,6-7,12-13,17-18H2,1H3,(H,34,41)(H2,35,36,37,40). The second-order valence-corrected chi connectivity index (χ2v) is 11.1. The molecule has 0 radical (unpaired) electrons. The van der Waals surface area contributed by atoms with Gasteiger partial charge in [0, 0.05) is 54.3 Å². The third-order valence-electron chi connectivity index (χ3n) is 8.32. The zero-order chi connectivity index (χ0) is 28.1. The van der Waals surface area contributed by atoms with Crippen LogP contribution in [0.2, 0.25) is 0 Å². The fraction of sp³-hybridized carbons (Fsp3) is 0.281. The van der Waals surface area contributed by atoms with Gasteiger partial charge in [-0.1, -0.05) is 31.2 Å². The largest absolute Gasteiger partial charge is 0.366 e. The number of halogens is 1. The van der Waals surface area contributed by atoms with Crippen molar-refractivity contribution >= 4 is 40.0 Å². The van der Waals surface area contributed by atoms with E-state index in [2.05, 4.69) is 37.6 Å². The minimum atomic E-state index is -0.264. The molecule has 3 heterocycles. The molecule has 7 rings (SSSR count). The maximum atomic E-state index is 15.6. The smallest absolute Gasteiger partial charge is 0.255 e. The first-order valence-corrected chi connectivity index (χ1v) is 14.2. The number of amides is 2. The van der Waals surface area contributed by atoms with Crippen LogP contribution in [-0.2, 0) is 11.3 Å². The molecule has 1 aliphatic carbocycles. The van der Waals surface area contributed by atoms with E-state index in [0.717, 1.165) is 65.8 Å². The number of nitrogens with one attached hydrogen (secondary N) is 3. The number of carbonyl (C=O) groups is 2. The van der Waals surface area contributed by atoms with E-state index in [1.165, 1.54) is 0 Å². The highest BCUT2D eigenvalue weighted by Gasteiger charge is 2.31. The van der Waals surface area contributed by atoms with E-state index in [1.807, 2.05) is 48.5 Å². The van der Waals surface area contributed by atoms with Crippen molar-refractivity contribution in [2.24, 2.45) is 5.92 Å². The van der Waals surface area contributed by atoms with E-state index in [1.54, 1.807) is 12.1 Å². The second kappa shape index (κ2) is 10.2. The number of carbonyl (C=O) groups excluding carboxylic acids is 2. The Hall–Kier alpha value is -4.50. The number of aromatic nitrogens is 2. The molecule has 1 saturated heterocycles. The van der Waals surface area contributed by atoms with Gasteiger partial charge >= 0.3 is 0 Å². The summed E-state index contributed by atoms with van der Waals surface area (Å²) >= 11 is 0. The average molecular weight is 551 g/mol. The zero-order valence-electron chi connectivity index (χ0n) is 22.8. The summed E-state index contributed by atoms with van der Waals surface area (Å²) in [6.07, 6.45) is 1.86. The first-order chi connectivity index (χ1) is 20.0. The lowest BCUT2D eigenvalue weighted by Gasteiger charge is -2.40. The van der Waals surface area contributed by atoms with Crippen LogP contribution < -0.4 is 10.6 Å². The van der Waals surface area contributed by atoms with Crippen molar-refractivity contribution in [1.82, 2.24) is 20.0 Å². The molecule has 0 bridgehead atoms. The number of fused-ring (bicyclic) bond motifs is 3. The summed E-state index contributed by atoms with van der Waals surface area (Å²) in [5.41, 5.74) is 5.86. The molecule has 41 heavy (non-hydrogen) atoms. The van der Waals surface area contributed by atoms with E-state index < -0.39 is 0 Å². The number of likely N-dealkylation sites (N-methyl/N-ethyl adjacent to an activating group) is 1. The second-order valence-electron chi connectivity index (χ2n) is 11.1. The number of benzene rings is 3. The molecule has 1 aromatic heterocycles. The normalized spacial score (nSPS) is 16.9. The highest BCUT2D eigenvalue weighted by molar-refractivity contribution is 6.05. The van der Waals surface area contributed by atoms with Crippen molar-refractivity contribution in [3.05, 3.63) is 83.1 Å². The predicted octanol–water partition coefficient (Wildman–Crippen LogP) is 5.62. The minimum Gasteiger partial charge on any atom is -0.366 e. The van der Waals surface area contributed by atoms with Gasteiger partial charge in [0.05, 0.1) is 11.2 Å². The van der Waals surface area contributed by atoms with Gasteiger partial charge in [0.1, 0.15) is 0 Å². The molecule has 0 unspecified atom stereocenters. The van der Waals surface area contributed by atoms with Crippen molar-refractivity contribution in [2.45, 2.75) is 26.3 Å². The fourth-order valence-corrected chi connectivity index (χ4v) is 5.70. The fourth-order valence-electron chi connectivity index (χ4n) is 5.70. The number of anilines is 2. The van der Waals surface area contributed by atoms with E-state index in [-0.39, 0.29) is 23.6 Å². The van der Waals surface area contributed by atoms with Crippen molar-refractivity contribution in [3.8, 4) is 11.1 Å². The monoisotopic (exact) mass is 550 g/mol. The summed E-state index contributed by atoms with van der Waals surface area (Å²) in [5, 5.41) is 14.0. The molecule has 2 fully saturated rings. The van der Waals surface area contributed by atoms with Gasteiger partial charge in [-0.05, 0) is 72.5 Å². The Bertz CT molecular complexity index is 1720. The topological polar surface area (TPSA) is 93.4 Å². The Labute approximate surface area is 237 Å². The maximum Gasteiger partial charge on any atom is 0.255 e. The van der Waals surface area contributed by atoms with Gasteiger partial charge < -0.3 is 15.5 Å².